The minimum Gasteiger partial charge on any atom is -0.350 e. The van der Waals surface area contributed by atoms with Gasteiger partial charge in [-0.15, -0.1) is 0 Å². The number of carbonyl (C=O) groups excluding carboxylic acids is 2. The third-order valence-corrected chi connectivity index (χ3v) is 4.82. The molecule has 0 aromatic heterocycles. The number of nitrogens with one attached hydrogen (secondary N) is 2. The lowest BCUT2D eigenvalue weighted by molar-refractivity contribution is -0.137. The summed E-state index contributed by atoms with van der Waals surface area (Å²) in [4.78, 5) is 26.6. The SMILES string of the molecule is O=C(NCCN(C(=O)Nc1cccc(C(F)(F)F)c1)c1ccccc1)c1ccccc1Cl. The maximum atomic E-state index is 13.0. The van der Waals surface area contributed by atoms with Crippen LogP contribution in [0.1, 0.15) is 15.9 Å². The number of nitrogens with zero attached hydrogens (tertiary/aromatic N) is 1. The van der Waals surface area contributed by atoms with Crippen molar-refractivity contribution in [1.29, 1.82) is 0 Å². The Hall–Kier alpha value is -3.52. The van der Waals surface area contributed by atoms with Gasteiger partial charge in [0.2, 0.25) is 0 Å². The molecule has 0 saturated carbocycles. The van der Waals surface area contributed by atoms with Crippen molar-refractivity contribution in [2.45, 2.75) is 6.18 Å². The molecule has 3 aromatic carbocycles. The van der Waals surface area contributed by atoms with Gasteiger partial charge in [0.1, 0.15) is 0 Å². The summed E-state index contributed by atoms with van der Waals surface area (Å²) in [6.07, 6.45) is -4.52. The summed E-state index contributed by atoms with van der Waals surface area (Å²) in [5, 5.41) is 5.48. The van der Waals surface area contributed by atoms with Gasteiger partial charge in [-0.05, 0) is 42.5 Å². The van der Waals surface area contributed by atoms with E-state index in [0.29, 0.717) is 16.3 Å². The predicted octanol–water partition coefficient (Wildman–Crippen LogP) is 5.83. The molecule has 2 N–H and O–H groups in total. The summed E-state index contributed by atoms with van der Waals surface area (Å²) in [5.41, 5.74) is -0.0442. The van der Waals surface area contributed by atoms with Crippen molar-refractivity contribution in [3.05, 3.63) is 95.0 Å². The monoisotopic (exact) mass is 461 g/mol. The minimum absolute atomic E-state index is 0.00543. The Morgan fingerprint density at radius 2 is 1.59 bits per heavy atom. The van der Waals surface area contributed by atoms with Crippen LogP contribution in [0.15, 0.2) is 78.9 Å². The highest BCUT2D eigenvalue weighted by Crippen LogP contribution is 2.30. The molecule has 0 heterocycles. The summed E-state index contributed by atoms with van der Waals surface area (Å²) >= 11 is 6.03. The predicted molar refractivity (Wildman–Crippen MR) is 118 cm³/mol. The number of alkyl halides is 3. The van der Waals surface area contributed by atoms with Crippen LogP contribution in [0.25, 0.3) is 0 Å². The third-order valence-electron chi connectivity index (χ3n) is 4.49. The van der Waals surface area contributed by atoms with E-state index in [1.807, 2.05) is 0 Å². The van der Waals surface area contributed by atoms with Gasteiger partial charge in [-0.1, -0.05) is 48.0 Å². The number of hydrogen-bond donors (Lipinski definition) is 2. The first-order chi connectivity index (χ1) is 15.3. The number of amides is 3. The molecule has 3 amide bonds. The molecule has 5 nitrogen and oxygen atoms in total. The van der Waals surface area contributed by atoms with Crippen molar-refractivity contribution >= 4 is 34.9 Å². The second-order valence-electron chi connectivity index (χ2n) is 6.73. The Kier molecular flexibility index (Phi) is 7.37. The fraction of sp³-hybridized carbons (Fsp3) is 0.130. The highest BCUT2D eigenvalue weighted by molar-refractivity contribution is 6.33. The molecule has 0 aliphatic rings. The fourth-order valence-corrected chi connectivity index (χ4v) is 3.16. The second kappa shape index (κ2) is 10.2. The lowest BCUT2D eigenvalue weighted by atomic mass is 10.2. The van der Waals surface area contributed by atoms with Crippen molar-refractivity contribution in [3.8, 4) is 0 Å². The van der Waals surface area contributed by atoms with Gasteiger partial charge in [0, 0.05) is 24.5 Å². The summed E-state index contributed by atoms with van der Waals surface area (Å²) in [7, 11) is 0. The summed E-state index contributed by atoms with van der Waals surface area (Å²) < 4.78 is 38.9. The number of hydrogen-bond acceptors (Lipinski definition) is 2. The number of rotatable bonds is 6. The van der Waals surface area contributed by atoms with Gasteiger partial charge in [0.05, 0.1) is 16.1 Å². The van der Waals surface area contributed by atoms with Crippen LogP contribution in [-0.4, -0.2) is 25.0 Å². The fourth-order valence-electron chi connectivity index (χ4n) is 2.94. The first kappa shape index (κ1) is 23.1. The van der Waals surface area contributed by atoms with Gasteiger partial charge in [-0.2, -0.15) is 13.2 Å². The molecule has 0 fully saturated rings. The van der Waals surface area contributed by atoms with Crippen LogP contribution in [-0.2, 0) is 6.18 Å². The topological polar surface area (TPSA) is 61.4 Å². The minimum atomic E-state index is -4.52. The number of halogens is 4. The van der Waals surface area contributed by atoms with E-state index in [1.54, 1.807) is 54.6 Å². The Morgan fingerprint density at radius 1 is 0.906 bits per heavy atom. The van der Waals surface area contributed by atoms with Crippen LogP contribution in [0.2, 0.25) is 5.02 Å². The molecule has 0 saturated heterocycles. The number of urea groups is 1. The molecule has 0 atom stereocenters. The molecular weight excluding hydrogens is 443 g/mol. The Bertz CT molecular complexity index is 1090. The van der Waals surface area contributed by atoms with Crippen molar-refractivity contribution in [2.75, 3.05) is 23.3 Å². The van der Waals surface area contributed by atoms with Gasteiger partial charge in [0.25, 0.3) is 5.91 Å². The Morgan fingerprint density at radius 3 is 2.28 bits per heavy atom. The van der Waals surface area contributed by atoms with Gasteiger partial charge in [0.15, 0.2) is 0 Å². The van der Waals surface area contributed by atoms with E-state index < -0.39 is 23.7 Å². The molecule has 0 aliphatic carbocycles. The molecule has 3 aromatic rings. The largest absolute Gasteiger partial charge is 0.416 e. The highest BCUT2D eigenvalue weighted by Gasteiger charge is 2.30. The Balaban J connectivity index is 1.72. The molecule has 166 valence electrons. The molecule has 0 bridgehead atoms. The van der Waals surface area contributed by atoms with E-state index in [4.69, 9.17) is 11.6 Å². The molecule has 0 radical (unpaired) electrons. The van der Waals surface area contributed by atoms with Gasteiger partial charge in [-0.3, -0.25) is 9.69 Å². The van der Waals surface area contributed by atoms with Crippen molar-refractivity contribution in [2.24, 2.45) is 0 Å². The lowest BCUT2D eigenvalue weighted by Gasteiger charge is -2.24. The summed E-state index contributed by atoms with van der Waals surface area (Å²) in [6.45, 7) is 0.167. The molecule has 0 spiro atoms. The normalized spacial score (nSPS) is 11.0. The van der Waals surface area contributed by atoms with E-state index in [-0.39, 0.29) is 18.8 Å². The van der Waals surface area contributed by atoms with Crippen molar-refractivity contribution in [1.82, 2.24) is 5.32 Å². The van der Waals surface area contributed by atoms with E-state index >= 15 is 0 Å². The summed E-state index contributed by atoms with van der Waals surface area (Å²) in [5.74, 6) is -0.401. The maximum Gasteiger partial charge on any atom is 0.416 e. The number of para-hydroxylation sites is 1. The Labute approximate surface area is 187 Å². The standard InChI is InChI=1S/C23H19ClF3N3O2/c24-20-12-5-4-11-19(20)21(31)28-13-14-30(18-9-2-1-3-10-18)22(32)29-17-8-6-7-16(15-17)23(25,26)27/h1-12,15H,13-14H2,(H,28,31)(H,29,32). The van der Waals surface area contributed by atoms with E-state index in [0.717, 1.165) is 12.1 Å². The van der Waals surface area contributed by atoms with E-state index in [2.05, 4.69) is 10.6 Å². The average molecular weight is 462 g/mol. The number of anilines is 2. The van der Waals surface area contributed by atoms with Gasteiger partial charge < -0.3 is 10.6 Å². The van der Waals surface area contributed by atoms with Crippen LogP contribution in [0, 0.1) is 0 Å². The van der Waals surface area contributed by atoms with Crippen LogP contribution in [0.5, 0.6) is 0 Å². The van der Waals surface area contributed by atoms with Gasteiger partial charge >= 0.3 is 12.2 Å². The molecule has 0 aliphatic heterocycles. The van der Waals surface area contributed by atoms with Crippen LogP contribution < -0.4 is 15.5 Å². The highest BCUT2D eigenvalue weighted by atomic mass is 35.5. The smallest absolute Gasteiger partial charge is 0.350 e. The first-order valence-electron chi connectivity index (χ1n) is 9.59. The lowest BCUT2D eigenvalue weighted by Crippen LogP contribution is -2.41. The van der Waals surface area contributed by atoms with Crippen molar-refractivity contribution in [3.63, 3.8) is 0 Å². The molecular formula is C23H19ClF3N3O2. The van der Waals surface area contributed by atoms with Crippen molar-refractivity contribution < 1.29 is 22.8 Å². The second-order valence-corrected chi connectivity index (χ2v) is 7.14. The third kappa shape index (κ3) is 6.01. The zero-order valence-corrected chi connectivity index (χ0v) is 17.5. The number of carbonyl (C=O) groups is 2. The van der Waals surface area contributed by atoms with Gasteiger partial charge in [-0.25, -0.2) is 4.79 Å². The van der Waals surface area contributed by atoms with Crippen LogP contribution in [0.4, 0.5) is 29.3 Å². The molecule has 32 heavy (non-hydrogen) atoms. The maximum absolute atomic E-state index is 13.0. The van der Waals surface area contributed by atoms with Crippen LogP contribution in [0.3, 0.4) is 0 Å². The molecule has 0 unspecified atom stereocenters. The van der Waals surface area contributed by atoms with Crippen LogP contribution >= 0.6 is 11.6 Å². The molecule has 3 rings (SSSR count). The average Bonchev–Trinajstić information content (AvgIpc) is 2.77. The zero-order valence-electron chi connectivity index (χ0n) is 16.7. The van der Waals surface area contributed by atoms with E-state index in [9.17, 15) is 22.8 Å². The summed E-state index contributed by atoms with van der Waals surface area (Å²) in [6, 6.07) is 18.9. The quantitative estimate of drug-likeness (QED) is 0.485. The number of benzene rings is 3. The zero-order chi connectivity index (χ0) is 23.1. The molecule has 9 heteroatoms. The van der Waals surface area contributed by atoms with E-state index in [1.165, 1.54) is 17.0 Å². The first-order valence-corrected chi connectivity index (χ1v) is 9.97.